The molecule has 0 heterocycles. The maximum absolute atomic E-state index is 9.35. The Hall–Kier alpha value is -2.92. The molecule has 0 aromatic heterocycles. The maximum atomic E-state index is 9.35. The largest absolute Gasteiger partial charge is 0.265 e. The second kappa shape index (κ2) is 8.39. The smallest absolute Gasteiger partial charge is 0.140 e. The predicted molar refractivity (Wildman–Crippen MR) is 91.9 cm³/mol. The van der Waals surface area contributed by atoms with Crippen LogP contribution in [0.2, 0.25) is 0 Å². The molecule has 2 aromatic rings. The van der Waals surface area contributed by atoms with Crippen molar-refractivity contribution in [3.8, 4) is 6.07 Å². The first-order valence-corrected chi connectivity index (χ1v) is 7.21. The predicted octanol–water partition coefficient (Wildman–Crippen LogP) is 4.55. The summed E-state index contributed by atoms with van der Waals surface area (Å²) in [5, 5.41) is 9.35. The molecule has 0 bridgehead atoms. The number of aliphatic imine (C=N–C) groups is 1. The Morgan fingerprint density at radius 3 is 2.05 bits per heavy atom. The van der Waals surface area contributed by atoms with Gasteiger partial charge in [-0.2, -0.15) is 5.26 Å². The molecule has 2 rings (SSSR count). The van der Waals surface area contributed by atoms with E-state index in [1.165, 1.54) is 0 Å². The fourth-order valence-corrected chi connectivity index (χ4v) is 2.10. The van der Waals surface area contributed by atoms with Crippen LogP contribution in [-0.2, 0) is 0 Å². The Balaban J connectivity index is 2.40. The lowest BCUT2D eigenvalue weighted by molar-refractivity contribution is 0.850. The molecule has 1 atom stereocenters. The lowest BCUT2D eigenvalue weighted by atomic mass is 10.0. The van der Waals surface area contributed by atoms with Crippen LogP contribution in [-0.4, -0.2) is 11.8 Å². The molecule has 2 heteroatoms. The summed E-state index contributed by atoms with van der Waals surface area (Å²) in [5.41, 5.74) is 2.88. The molecule has 22 heavy (non-hydrogen) atoms. The molecule has 2 aromatic carbocycles. The van der Waals surface area contributed by atoms with Crippen molar-refractivity contribution in [3.63, 3.8) is 0 Å². The molecule has 0 saturated heterocycles. The fraction of sp³-hybridized carbons (Fsp3) is 0.100. The first-order valence-electron chi connectivity index (χ1n) is 7.21. The molecular formula is C20H18N2. The molecule has 0 aliphatic rings. The zero-order chi connectivity index (χ0) is 15.6. The van der Waals surface area contributed by atoms with Crippen LogP contribution in [0.5, 0.6) is 0 Å². The van der Waals surface area contributed by atoms with Gasteiger partial charge in [-0.05, 0) is 0 Å². The van der Waals surface area contributed by atoms with Crippen LogP contribution >= 0.6 is 0 Å². The van der Waals surface area contributed by atoms with Crippen molar-refractivity contribution in [1.82, 2.24) is 0 Å². The molecule has 1 unspecified atom stereocenters. The van der Waals surface area contributed by atoms with E-state index < -0.39 is 6.04 Å². The maximum Gasteiger partial charge on any atom is 0.140 e. The van der Waals surface area contributed by atoms with Gasteiger partial charge in [-0.15, -0.1) is 0 Å². The van der Waals surface area contributed by atoms with Gasteiger partial charge >= 0.3 is 0 Å². The summed E-state index contributed by atoms with van der Waals surface area (Å²) in [5.74, 6) is 0. The van der Waals surface area contributed by atoms with E-state index in [2.05, 4.69) is 17.6 Å². The molecule has 0 fully saturated rings. The second-order valence-electron chi connectivity index (χ2n) is 4.75. The summed E-state index contributed by atoms with van der Waals surface area (Å²) in [6, 6.07) is 21.8. The van der Waals surface area contributed by atoms with Gasteiger partial charge in [-0.25, -0.2) is 0 Å². The van der Waals surface area contributed by atoms with E-state index in [-0.39, 0.29) is 0 Å². The first kappa shape index (κ1) is 15.5. The van der Waals surface area contributed by atoms with E-state index in [1.54, 1.807) is 6.08 Å². The van der Waals surface area contributed by atoms with E-state index in [0.717, 1.165) is 16.8 Å². The number of rotatable bonds is 6. The third kappa shape index (κ3) is 4.29. The minimum Gasteiger partial charge on any atom is -0.265 e. The van der Waals surface area contributed by atoms with Crippen LogP contribution in [0, 0.1) is 11.3 Å². The monoisotopic (exact) mass is 286 g/mol. The number of nitriles is 1. The number of benzene rings is 2. The molecule has 0 aliphatic heterocycles. The number of nitrogens with zero attached hydrogens (tertiary/aromatic N) is 2. The van der Waals surface area contributed by atoms with Crippen LogP contribution in [0.1, 0.15) is 17.5 Å². The molecule has 108 valence electrons. The topological polar surface area (TPSA) is 36.1 Å². The lowest BCUT2D eigenvalue weighted by Crippen LogP contribution is -2.09. The zero-order valence-electron chi connectivity index (χ0n) is 12.4. The fourth-order valence-electron chi connectivity index (χ4n) is 2.10. The van der Waals surface area contributed by atoms with Gasteiger partial charge < -0.3 is 0 Å². The van der Waals surface area contributed by atoms with Gasteiger partial charge in [0, 0.05) is 17.5 Å². The summed E-state index contributed by atoms with van der Waals surface area (Å²) < 4.78 is 0. The van der Waals surface area contributed by atoms with Gasteiger partial charge in [0.25, 0.3) is 0 Å². The van der Waals surface area contributed by atoms with Gasteiger partial charge in [0.15, 0.2) is 0 Å². The third-order valence-corrected chi connectivity index (χ3v) is 3.16. The summed E-state index contributed by atoms with van der Waals surface area (Å²) in [6.45, 7) is 3.63. The normalized spacial score (nSPS) is 11.6. The van der Waals surface area contributed by atoms with Crippen LogP contribution < -0.4 is 0 Å². The van der Waals surface area contributed by atoms with Crippen LogP contribution in [0.15, 0.2) is 90.5 Å². The summed E-state index contributed by atoms with van der Waals surface area (Å²) in [7, 11) is 0. The van der Waals surface area contributed by atoms with Gasteiger partial charge in [-0.1, -0.05) is 85.5 Å². The molecule has 0 aliphatic carbocycles. The number of hydrogen-bond donors (Lipinski definition) is 0. The Kier molecular flexibility index (Phi) is 5.90. The standard InChI is InChI=1S/C20H18N2/c1-2-3-6-15-19(16-21)22-20(17-11-7-4-8-12-17)18-13-9-5-10-14-18/h2-14,19H,1,15H2/b6-3+. The van der Waals surface area contributed by atoms with Crippen LogP contribution in [0.3, 0.4) is 0 Å². The number of hydrogen-bond acceptors (Lipinski definition) is 2. The molecule has 0 N–H and O–H groups in total. The molecule has 2 nitrogen and oxygen atoms in total. The van der Waals surface area contributed by atoms with Crippen LogP contribution in [0.25, 0.3) is 0 Å². The highest BCUT2D eigenvalue weighted by atomic mass is 14.8. The quantitative estimate of drug-likeness (QED) is 0.567. The van der Waals surface area contributed by atoms with Crippen molar-refractivity contribution in [2.45, 2.75) is 12.5 Å². The Labute approximate surface area is 131 Å². The first-order chi connectivity index (χ1) is 10.8. The average Bonchev–Trinajstić information content (AvgIpc) is 2.59. The Morgan fingerprint density at radius 1 is 1.05 bits per heavy atom. The Bertz CT molecular complexity index is 650. The second-order valence-corrected chi connectivity index (χ2v) is 4.75. The van der Waals surface area contributed by atoms with E-state index in [0.29, 0.717) is 6.42 Å². The van der Waals surface area contributed by atoms with E-state index in [1.807, 2.05) is 72.8 Å². The van der Waals surface area contributed by atoms with Crippen molar-refractivity contribution in [2.75, 3.05) is 0 Å². The van der Waals surface area contributed by atoms with Gasteiger partial charge in [0.2, 0.25) is 0 Å². The highest BCUT2D eigenvalue weighted by Crippen LogP contribution is 2.13. The Morgan fingerprint density at radius 2 is 1.59 bits per heavy atom. The third-order valence-electron chi connectivity index (χ3n) is 3.16. The van der Waals surface area contributed by atoms with Crippen molar-refractivity contribution >= 4 is 5.71 Å². The molecular weight excluding hydrogens is 268 g/mol. The van der Waals surface area contributed by atoms with Gasteiger partial charge in [-0.3, -0.25) is 4.99 Å². The average molecular weight is 286 g/mol. The summed E-state index contributed by atoms with van der Waals surface area (Å²) in [6.07, 6.45) is 6.03. The van der Waals surface area contributed by atoms with E-state index in [9.17, 15) is 5.26 Å². The van der Waals surface area contributed by atoms with E-state index in [4.69, 9.17) is 0 Å². The minimum atomic E-state index is -0.411. The van der Waals surface area contributed by atoms with Gasteiger partial charge in [0.1, 0.15) is 6.04 Å². The van der Waals surface area contributed by atoms with Crippen LogP contribution in [0.4, 0.5) is 0 Å². The summed E-state index contributed by atoms with van der Waals surface area (Å²) in [4.78, 5) is 4.68. The molecule has 0 amide bonds. The SMILES string of the molecule is C=C/C=C/CC(C#N)N=C(c1ccccc1)c1ccccc1. The van der Waals surface area contributed by atoms with Crippen molar-refractivity contribution in [2.24, 2.45) is 4.99 Å². The number of allylic oxidation sites excluding steroid dienone is 2. The molecule has 0 radical (unpaired) electrons. The van der Waals surface area contributed by atoms with Crippen molar-refractivity contribution < 1.29 is 0 Å². The lowest BCUT2D eigenvalue weighted by Gasteiger charge is -2.09. The zero-order valence-corrected chi connectivity index (χ0v) is 12.4. The van der Waals surface area contributed by atoms with E-state index >= 15 is 0 Å². The highest BCUT2D eigenvalue weighted by molar-refractivity contribution is 6.13. The van der Waals surface area contributed by atoms with Crippen molar-refractivity contribution in [3.05, 3.63) is 96.6 Å². The van der Waals surface area contributed by atoms with Gasteiger partial charge in [0.05, 0.1) is 11.8 Å². The minimum absolute atomic E-state index is 0.411. The summed E-state index contributed by atoms with van der Waals surface area (Å²) >= 11 is 0. The molecule has 0 saturated carbocycles. The highest BCUT2D eigenvalue weighted by Gasteiger charge is 2.10. The van der Waals surface area contributed by atoms with Crippen molar-refractivity contribution in [1.29, 1.82) is 5.26 Å². The molecule has 0 spiro atoms.